The highest BCUT2D eigenvalue weighted by Gasteiger charge is 2.45. The number of hydrogen-bond acceptors (Lipinski definition) is 1. The Morgan fingerprint density at radius 1 is 1.00 bits per heavy atom. The van der Waals surface area contributed by atoms with Crippen molar-refractivity contribution >= 4 is 16.8 Å². The lowest BCUT2D eigenvalue weighted by atomic mass is 9.62. The lowest BCUT2D eigenvalue weighted by Gasteiger charge is -2.42. The molecular formula is C12H23ClO. The second-order valence-corrected chi connectivity index (χ2v) is 6.94. The van der Waals surface area contributed by atoms with E-state index < -0.39 is 5.41 Å². The van der Waals surface area contributed by atoms with E-state index in [1.807, 2.05) is 6.92 Å². The smallest absolute Gasteiger partial charge is 0.228 e. The summed E-state index contributed by atoms with van der Waals surface area (Å²) < 4.78 is 0. The van der Waals surface area contributed by atoms with E-state index in [4.69, 9.17) is 11.6 Å². The van der Waals surface area contributed by atoms with E-state index in [0.29, 0.717) is 0 Å². The van der Waals surface area contributed by atoms with Crippen molar-refractivity contribution in [3.63, 3.8) is 0 Å². The second-order valence-electron chi connectivity index (χ2n) is 6.59. The van der Waals surface area contributed by atoms with Crippen LogP contribution in [0.5, 0.6) is 0 Å². The summed E-state index contributed by atoms with van der Waals surface area (Å²) in [6.07, 6.45) is 0.811. The van der Waals surface area contributed by atoms with Gasteiger partial charge >= 0.3 is 0 Å². The Kier molecular flexibility index (Phi) is 3.83. The summed E-state index contributed by atoms with van der Waals surface area (Å²) in [5.41, 5.74) is -0.432. The first-order chi connectivity index (χ1) is 5.90. The van der Waals surface area contributed by atoms with Crippen molar-refractivity contribution in [2.24, 2.45) is 16.2 Å². The van der Waals surface area contributed by atoms with Gasteiger partial charge in [0.1, 0.15) is 0 Å². The largest absolute Gasteiger partial charge is 0.281 e. The van der Waals surface area contributed by atoms with E-state index in [2.05, 4.69) is 41.5 Å². The molecule has 0 amide bonds. The molecule has 0 saturated carbocycles. The number of rotatable bonds is 2. The molecule has 0 spiro atoms. The molecule has 0 aliphatic carbocycles. The molecule has 0 N–H and O–H groups in total. The summed E-state index contributed by atoms with van der Waals surface area (Å²) in [6.45, 7) is 14.6. The van der Waals surface area contributed by atoms with Crippen LogP contribution in [0.15, 0.2) is 0 Å². The fourth-order valence-corrected chi connectivity index (χ4v) is 2.04. The van der Waals surface area contributed by atoms with Gasteiger partial charge < -0.3 is 0 Å². The van der Waals surface area contributed by atoms with Gasteiger partial charge in [-0.2, -0.15) is 0 Å². The van der Waals surface area contributed by atoms with Gasteiger partial charge in [-0.1, -0.05) is 48.5 Å². The molecule has 0 aliphatic heterocycles. The molecule has 0 aliphatic rings. The number of hydrogen-bond donors (Lipinski definition) is 0. The van der Waals surface area contributed by atoms with Crippen LogP contribution in [0.25, 0.3) is 0 Å². The highest BCUT2D eigenvalue weighted by molar-refractivity contribution is 6.64. The first-order valence-corrected chi connectivity index (χ1v) is 5.48. The van der Waals surface area contributed by atoms with Crippen molar-refractivity contribution in [3.8, 4) is 0 Å². The molecule has 0 aromatic rings. The minimum atomic E-state index is -0.452. The Bertz CT molecular complexity index is 219. The van der Waals surface area contributed by atoms with Gasteiger partial charge in [0.15, 0.2) is 0 Å². The van der Waals surface area contributed by atoms with Crippen LogP contribution in [0.3, 0.4) is 0 Å². The predicted molar refractivity (Wildman–Crippen MR) is 62.5 cm³/mol. The highest BCUT2D eigenvalue weighted by Crippen LogP contribution is 2.47. The topological polar surface area (TPSA) is 17.1 Å². The Morgan fingerprint density at radius 3 is 1.43 bits per heavy atom. The van der Waals surface area contributed by atoms with Crippen LogP contribution in [0, 0.1) is 16.2 Å². The van der Waals surface area contributed by atoms with Gasteiger partial charge in [0.2, 0.25) is 5.24 Å². The van der Waals surface area contributed by atoms with Crippen LogP contribution in [0.4, 0.5) is 0 Å². The average Bonchev–Trinajstić information content (AvgIpc) is 1.79. The van der Waals surface area contributed by atoms with Gasteiger partial charge in [0.05, 0.1) is 0 Å². The lowest BCUT2D eigenvalue weighted by Crippen LogP contribution is -2.41. The zero-order valence-electron chi connectivity index (χ0n) is 10.5. The molecule has 0 radical (unpaired) electrons. The Hall–Kier alpha value is -0.0400. The molecule has 1 atom stereocenters. The molecule has 0 aromatic heterocycles. The van der Waals surface area contributed by atoms with Gasteiger partial charge in [-0.05, 0) is 28.9 Å². The summed E-state index contributed by atoms with van der Waals surface area (Å²) in [4.78, 5) is 11.6. The van der Waals surface area contributed by atoms with E-state index in [1.165, 1.54) is 0 Å². The summed E-state index contributed by atoms with van der Waals surface area (Å²) in [6, 6.07) is 0. The summed E-state index contributed by atoms with van der Waals surface area (Å²) >= 11 is 5.74. The van der Waals surface area contributed by atoms with Gasteiger partial charge in [-0.3, -0.25) is 4.79 Å². The lowest BCUT2D eigenvalue weighted by molar-refractivity contribution is -0.127. The third-order valence-electron chi connectivity index (χ3n) is 2.97. The van der Waals surface area contributed by atoms with Crippen molar-refractivity contribution in [2.45, 2.75) is 54.9 Å². The Labute approximate surface area is 93.2 Å². The molecule has 0 fully saturated rings. The maximum absolute atomic E-state index is 11.6. The zero-order chi connectivity index (χ0) is 11.8. The summed E-state index contributed by atoms with van der Waals surface area (Å²) in [5.74, 6) is 0. The minimum Gasteiger partial charge on any atom is -0.281 e. The minimum absolute atomic E-state index is 0.0981. The molecule has 2 heteroatoms. The monoisotopic (exact) mass is 218 g/mol. The molecule has 0 saturated heterocycles. The van der Waals surface area contributed by atoms with Crippen LogP contribution in [0.1, 0.15) is 54.9 Å². The number of carbonyl (C=O) groups is 1. The number of carbonyl (C=O) groups excluding carboxylic acids is 1. The van der Waals surface area contributed by atoms with Crippen LogP contribution >= 0.6 is 11.6 Å². The fraction of sp³-hybridized carbons (Fsp3) is 0.917. The molecule has 84 valence electrons. The molecule has 0 heterocycles. The highest BCUT2D eigenvalue weighted by atomic mass is 35.5. The third-order valence-corrected chi connectivity index (χ3v) is 3.39. The van der Waals surface area contributed by atoms with Gasteiger partial charge in [0.25, 0.3) is 0 Å². The fourth-order valence-electron chi connectivity index (χ4n) is 1.69. The van der Waals surface area contributed by atoms with Crippen molar-refractivity contribution < 1.29 is 4.79 Å². The quantitative estimate of drug-likeness (QED) is 0.634. The first kappa shape index (κ1) is 14.0. The summed E-state index contributed by atoms with van der Waals surface area (Å²) in [7, 11) is 0. The van der Waals surface area contributed by atoms with Gasteiger partial charge in [-0.15, -0.1) is 0 Å². The standard InChI is InChI=1S/C12H23ClO/c1-10(2,3)8-12(7,9(13)14)11(4,5)6/h8H2,1-7H3. The van der Waals surface area contributed by atoms with Crippen molar-refractivity contribution in [3.05, 3.63) is 0 Å². The second kappa shape index (κ2) is 3.84. The number of halogens is 1. The first-order valence-electron chi connectivity index (χ1n) is 5.10. The Balaban J connectivity index is 5.04. The van der Waals surface area contributed by atoms with Gasteiger partial charge in [0, 0.05) is 5.41 Å². The maximum Gasteiger partial charge on any atom is 0.228 e. The normalized spacial score (nSPS) is 17.7. The van der Waals surface area contributed by atoms with E-state index in [1.54, 1.807) is 0 Å². The van der Waals surface area contributed by atoms with E-state index >= 15 is 0 Å². The van der Waals surface area contributed by atoms with Crippen LogP contribution < -0.4 is 0 Å². The van der Waals surface area contributed by atoms with E-state index in [9.17, 15) is 4.79 Å². The molecule has 0 aromatic carbocycles. The SMILES string of the molecule is CC(C)(C)CC(C)(C(=O)Cl)C(C)(C)C. The van der Waals surface area contributed by atoms with Crippen molar-refractivity contribution in [1.82, 2.24) is 0 Å². The Morgan fingerprint density at radius 2 is 1.36 bits per heavy atom. The molecule has 14 heavy (non-hydrogen) atoms. The van der Waals surface area contributed by atoms with Crippen LogP contribution in [-0.2, 0) is 4.79 Å². The van der Waals surface area contributed by atoms with Gasteiger partial charge in [-0.25, -0.2) is 0 Å². The van der Waals surface area contributed by atoms with Crippen molar-refractivity contribution in [1.29, 1.82) is 0 Å². The maximum atomic E-state index is 11.6. The molecule has 0 bridgehead atoms. The average molecular weight is 219 g/mol. The zero-order valence-corrected chi connectivity index (χ0v) is 11.2. The third kappa shape index (κ3) is 3.27. The van der Waals surface area contributed by atoms with Crippen LogP contribution in [0.2, 0.25) is 0 Å². The predicted octanol–water partition coefficient (Wildman–Crippen LogP) is 4.24. The molecule has 0 rings (SSSR count). The molecular weight excluding hydrogens is 196 g/mol. The van der Waals surface area contributed by atoms with Crippen molar-refractivity contribution in [2.75, 3.05) is 0 Å². The molecule has 1 nitrogen and oxygen atoms in total. The van der Waals surface area contributed by atoms with E-state index in [0.717, 1.165) is 6.42 Å². The molecule has 1 unspecified atom stereocenters. The van der Waals surface area contributed by atoms with E-state index in [-0.39, 0.29) is 16.1 Å². The van der Waals surface area contributed by atoms with Crippen LogP contribution in [-0.4, -0.2) is 5.24 Å². The summed E-state index contributed by atoms with van der Waals surface area (Å²) in [5, 5.41) is -0.222.